The number of hydrogen-bond donors (Lipinski definition) is 0. The van der Waals surface area contributed by atoms with Crippen molar-refractivity contribution in [3.05, 3.63) is 29.8 Å². The quantitative estimate of drug-likeness (QED) is 0.778. The van der Waals surface area contributed by atoms with Gasteiger partial charge in [-0.1, -0.05) is 13.0 Å². The molecular formula is C16H19NO3. The number of piperidine rings is 1. The highest BCUT2D eigenvalue weighted by Crippen LogP contribution is 2.32. The molecule has 2 aliphatic heterocycles. The summed E-state index contributed by atoms with van der Waals surface area (Å²) in [5.41, 5.74) is 0.952. The van der Waals surface area contributed by atoms with Crippen LogP contribution in [0.1, 0.15) is 25.3 Å². The minimum atomic E-state index is 0.0919. The highest BCUT2D eigenvalue weighted by Gasteiger charge is 2.19. The number of carbonyl (C=O) groups excluding carboxylic acids is 1. The first-order valence-electron chi connectivity index (χ1n) is 7.09. The summed E-state index contributed by atoms with van der Waals surface area (Å²) in [4.78, 5) is 14.1. The fourth-order valence-corrected chi connectivity index (χ4v) is 2.68. The van der Waals surface area contributed by atoms with Crippen molar-refractivity contribution >= 4 is 12.0 Å². The number of nitrogens with zero attached hydrogens (tertiary/aromatic N) is 1. The van der Waals surface area contributed by atoms with Gasteiger partial charge in [-0.15, -0.1) is 0 Å². The summed E-state index contributed by atoms with van der Waals surface area (Å²) < 4.78 is 10.6. The maximum absolute atomic E-state index is 12.1. The van der Waals surface area contributed by atoms with Gasteiger partial charge in [0.05, 0.1) is 0 Å². The smallest absolute Gasteiger partial charge is 0.246 e. The Kier molecular flexibility index (Phi) is 3.63. The molecule has 0 aliphatic carbocycles. The van der Waals surface area contributed by atoms with Crippen molar-refractivity contribution in [1.82, 2.24) is 4.90 Å². The SMILES string of the molecule is C[C@@H]1CCCN(C(=O)/C=C/c2ccc3c(c2)OCO3)C1. The number of likely N-dealkylation sites (tertiary alicyclic amines) is 1. The molecule has 2 aliphatic rings. The minimum absolute atomic E-state index is 0.0919. The summed E-state index contributed by atoms with van der Waals surface area (Å²) >= 11 is 0. The Morgan fingerprint density at radius 3 is 3.05 bits per heavy atom. The van der Waals surface area contributed by atoms with Crippen molar-refractivity contribution in [2.45, 2.75) is 19.8 Å². The van der Waals surface area contributed by atoms with Gasteiger partial charge in [0, 0.05) is 19.2 Å². The molecule has 3 rings (SSSR count). The van der Waals surface area contributed by atoms with Crippen molar-refractivity contribution in [1.29, 1.82) is 0 Å². The number of amides is 1. The van der Waals surface area contributed by atoms with Crippen LogP contribution < -0.4 is 9.47 Å². The van der Waals surface area contributed by atoms with Crippen LogP contribution in [0.4, 0.5) is 0 Å². The highest BCUT2D eigenvalue weighted by atomic mass is 16.7. The zero-order valence-corrected chi connectivity index (χ0v) is 11.7. The molecule has 1 atom stereocenters. The molecule has 4 nitrogen and oxygen atoms in total. The monoisotopic (exact) mass is 273 g/mol. The normalized spacial score (nSPS) is 21.4. The number of rotatable bonds is 2. The molecule has 0 aromatic heterocycles. The van der Waals surface area contributed by atoms with Gasteiger partial charge in [0.1, 0.15) is 0 Å². The lowest BCUT2D eigenvalue weighted by Gasteiger charge is -2.30. The van der Waals surface area contributed by atoms with E-state index < -0.39 is 0 Å². The van der Waals surface area contributed by atoms with Gasteiger partial charge in [-0.2, -0.15) is 0 Å². The van der Waals surface area contributed by atoms with Gasteiger partial charge in [-0.05, 0) is 42.5 Å². The third-order valence-electron chi connectivity index (χ3n) is 3.78. The van der Waals surface area contributed by atoms with E-state index in [9.17, 15) is 4.79 Å². The molecule has 1 aromatic rings. The third-order valence-corrected chi connectivity index (χ3v) is 3.78. The van der Waals surface area contributed by atoms with Gasteiger partial charge >= 0.3 is 0 Å². The maximum atomic E-state index is 12.1. The summed E-state index contributed by atoms with van der Waals surface area (Å²) in [7, 11) is 0. The summed E-state index contributed by atoms with van der Waals surface area (Å²) in [6, 6.07) is 5.69. The topological polar surface area (TPSA) is 38.8 Å². The Hall–Kier alpha value is -1.97. The first-order chi connectivity index (χ1) is 9.72. The largest absolute Gasteiger partial charge is 0.454 e. The average molecular weight is 273 g/mol. The molecule has 0 N–H and O–H groups in total. The lowest BCUT2D eigenvalue weighted by Crippen LogP contribution is -2.38. The summed E-state index contributed by atoms with van der Waals surface area (Å²) in [6.45, 7) is 4.20. The highest BCUT2D eigenvalue weighted by molar-refractivity contribution is 5.92. The van der Waals surface area contributed by atoms with Gasteiger partial charge < -0.3 is 14.4 Å². The predicted molar refractivity (Wildman–Crippen MR) is 76.6 cm³/mol. The molecule has 1 fully saturated rings. The van der Waals surface area contributed by atoms with Crippen molar-refractivity contribution in [3.8, 4) is 11.5 Å². The van der Waals surface area contributed by atoms with Gasteiger partial charge in [0.15, 0.2) is 11.5 Å². The summed E-state index contributed by atoms with van der Waals surface area (Å²) in [6.07, 6.45) is 5.81. The van der Waals surface area contributed by atoms with Gasteiger partial charge in [0.2, 0.25) is 12.7 Å². The molecule has 1 saturated heterocycles. The molecule has 0 radical (unpaired) electrons. The molecule has 20 heavy (non-hydrogen) atoms. The Labute approximate surface area is 119 Å². The van der Waals surface area contributed by atoms with Crippen molar-refractivity contribution < 1.29 is 14.3 Å². The number of ether oxygens (including phenoxy) is 2. The summed E-state index contributed by atoms with van der Waals surface area (Å²) in [5.74, 6) is 2.20. The van der Waals surface area contributed by atoms with Gasteiger partial charge in [0.25, 0.3) is 0 Å². The van der Waals surface area contributed by atoms with Crippen molar-refractivity contribution in [3.63, 3.8) is 0 Å². The zero-order chi connectivity index (χ0) is 13.9. The Bertz CT molecular complexity index is 539. The fraction of sp³-hybridized carbons (Fsp3) is 0.438. The number of carbonyl (C=O) groups is 1. The second-order valence-electron chi connectivity index (χ2n) is 5.48. The van der Waals surface area contributed by atoms with Gasteiger partial charge in [-0.3, -0.25) is 4.79 Å². The lowest BCUT2D eigenvalue weighted by atomic mass is 10.0. The van der Waals surface area contributed by atoms with E-state index in [2.05, 4.69) is 6.92 Å². The second-order valence-corrected chi connectivity index (χ2v) is 5.48. The van der Waals surface area contributed by atoms with Crippen molar-refractivity contribution in [2.24, 2.45) is 5.92 Å². The standard InChI is InChI=1S/C16H19NO3/c1-12-3-2-8-17(10-12)16(18)7-5-13-4-6-14-15(9-13)20-11-19-14/h4-7,9,12H,2-3,8,10-11H2,1H3/b7-5+/t12-/m1/s1. The van der Waals surface area contributed by atoms with Crippen molar-refractivity contribution in [2.75, 3.05) is 19.9 Å². The summed E-state index contributed by atoms with van der Waals surface area (Å²) in [5, 5.41) is 0. The fourth-order valence-electron chi connectivity index (χ4n) is 2.68. The number of fused-ring (bicyclic) bond motifs is 1. The van der Waals surface area contributed by atoms with E-state index in [-0.39, 0.29) is 12.7 Å². The van der Waals surface area contributed by atoms with Crippen LogP contribution in [0.5, 0.6) is 11.5 Å². The van der Waals surface area contributed by atoms with E-state index in [0.717, 1.165) is 36.6 Å². The van der Waals surface area contributed by atoms with E-state index in [4.69, 9.17) is 9.47 Å². The van der Waals surface area contributed by atoms with E-state index in [1.807, 2.05) is 29.2 Å². The molecule has 0 spiro atoms. The van der Waals surface area contributed by atoms with Crippen LogP contribution in [-0.4, -0.2) is 30.7 Å². The molecule has 4 heteroatoms. The van der Waals surface area contributed by atoms with Crippen LogP contribution in [0.15, 0.2) is 24.3 Å². The Morgan fingerprint density at radius 1 is 1.35 bits per heavy atom. The lowest BCUT2D eigenvalue weighted by molar-refractivity contribution is -0.127. The van der Waals surface area contributed by atoms with Crippen LogP contribution in [0.3, 0.4) is 0 Å². The zero-order valence-electron chi connectivity index (χ0n) is 11.7. The first-order valence-corrected chi connectivity index (χ1v) is 7.09. The maximum Gasteiger partial charge on any atom is 0.246 e. The third kappa shape index (κ3) is 2.79. The van der Waals surface area contributed by atoms with E-state index in [1.54, 1.807) is 6.08 Å². The number of hydrogen-bond acceptors (Lipinski definition) is 3. The van der Waals surface area contributed by atoms with Crippen LogP contribution in [0.25, 0.3) is 6.08 Å². The van der Waals surface area contributed by atoms with Crippen LogP contribution >= 0.6 is 0 Å². The minimum Gasteiger partial charge on any atom is -0.454 e. The Balaban J connectivity index is 1.66. The molecule has 0 unspecified atom stereocenters. The molecule has 1 amide bonds. The van der Waals surface area contributed by atoms with E-state index in [1.165, 1.54) is 6.42 Å². The Morgan fingerprint density at radius 2 is 2.20 bits per heavy atom. The van der Waals surface area contributed by atoms with E-state index in [0.29, 0.717) is 5.92 Å². The molecule has 0 saturated carbocycles. The molecule has 2 heterocycles. The van der Waals surface area contributed by atoms with Crippen LogP contribution in [0.2, 0.25) is 0 Å². The first kappa shape index (κ1) is 13.0. The van der Waals surface area contributed by atoms with Gasteiger partial charge in [-0.25, -0.2) is 0 Å². The van der Waals surface area contributed by atoms with E-state index >= 15 is 0 Å². The van der Waals surface area contributed by atoms with Crippen LogP contribution in [-0.2, 0) is 4.79 Å². The number of benzene rings is 1. The second kappa shape index (κ2) is 5.57. The molecule has 106 valence electrons. The van der Waals surface area contributed by atoms with Crippen LogP contribution in [0, 0.1) is 5.92 Å². The molecular weight excluding hydrogens is 254 g/mol. The molecule has 0 bridgehead atoms. The molecule has 1 aromatic carbocycles. The average Bonchev–Trinajstić information content (AvgIpc) is 2.92. The predicted octanol–water partition coefficient (Wildman–Crippen LogP) is 2.69.